The van der Waals surface area contributed by atoms with Gasteiger partial charge in [0.25, 0.3) is 0 Å². The monoisotopic (exact) mass is 257 g/mol. The quantitative estimate of drug-likeness (QED) is 0.682. The van der Waals surface area contributed by atoms with Crippen LogP contribution in [-0.2, 0) is 4.79 Å². The number of carbonyl (C=O) groups excluding carboxylic acids is 1. The van der Waals surface area contributed by atoms with Crippen molar-refractivity contribution in [2.45, 2.75) is 65.5 Å². The van der Waals surface area contributed by atoms with Crippen molar-refractivity contribution in [3.63, 3.8) is 0 Å². The van der Waals surface area contributed by atoms with Gasteiger partial charge in [-0.05, 0) is 52.1 Å². The Balaban J connectivity index is 3.97. The van der Waals surface area contributed by atoms with Crippen LogP contribution < -0.4 is 11.5 Å². The van der Waals surface area contributed by atoms with E-state index < -0.39 is 11.4 Å². The van der Waals surface area contributed by atoms with Gasteiger partial charge in [0.05, 0.1) is 5.54 Å². The van der Waals surface area contributed by atoms with Gasteiger partial charge >= 0.3 is 0 Å². The molecule has 0 aromatic heterocycles. The summed E-state index contributed by atoms with van der Waals surface area (Å²) in [7, 11) is 2.14. The van der Waals surface area contributed by atoms with Crippen LogP contribution in [0.2, 0.25) is 0 Å². The second kappa shape index (κ2) is 6.53. The van der Waals surface area contributed by atoms with Gasteiger partial charge in [-0.3, -0.25) is 4.79 Å². The molecule has 18 heavy (non-hydrogen) atoms. The van der Waals surface area contributed by atoms with Crippen LogP contribution in [-0.4, -0.2) is 36.0 Å². The zero-order valence-electron chi connectivity index (χ0n) is 12.9. The molecule has 0 saturated carbocycles. The minimum absolute atomic E-state index is 0.282. The molecule has 0 aromatic rings. The lowest BCUT2D eigenvalue weighted by Crippen LogP contribution is -2.49. The predicted octanol–water partition coefficient (Wildman–Crippen LogP) is 1.73. The van der Waals surface area contributed by atoms with Gasteiger partial charge in [-0.25, -0.2) is 0 Å². The van der Waals surface area contributed by atoms with Crippen LogP contribution in [0.3, 0.4) is 0 Å². The van der Waals surface area contributed by atoms with E-state index in [-0.39, 0.29) is 5.41 Å². The highest BCUT2D eigenvalue weighted by molar-refractivity contribution is 5.83. The number of hydrogen-bond acceptors (Lipinski definition) is 3. The van der Waals surface area contributed by atoms with Crippen molar-refractivity contribution in [3.05, 3.63) is 0 Å². The molecule has 0 aliphatic rings. The molecule has 0 bridgehead atoms. The molecule has 0 saturated heterocycles. The highest BCUT2D eigenvalue weighted by Crippen LogP contribution is 2.23. The molecule has 2 unspecified atom stereocenters. The Bertz CT molecular complexity index is 269. The number of carbonyl (C=O) groups is 1. The Hall–Kier alpha value is -0.610. The first-order valence-corrected chi connectivity index (χ1v) is 6.77. The summed E-state index contributed by atoms with van der Waals surface area (Å²) in [5.41, 5.74) is 10.5. The molecule has 0 rings (SSSR count). The van der Waals surface area contributed by atoms with Gasteiger partial charge in [-0.2, -0.15) is 0 Å². The second-order valence-electron chi connectivity index (χ2n) is 6.76. The molecule has 0 aliphatic carbocycles. The van der Waals surface area contributed by atoms with Crippen molar-refractivity contribution in [2.24, 2.45) is 16.9 Å². The van der Waals surface area contributed by atoms with Gasteiger partial charge in [-0.15, -0.1) is 0 Å². The van der Waals surface area contributed by atoms with Gasteiger partial charge in [0.1, 0.15) is 0 Å². The average Bonchev–Trinajstić information content (AvgIpc) is 2.21. The molecule has 4 N–H and O–H groups in total. The number of hydrogen-bond donors (Lipinski definition) is 2. The van der Waals surface area contributed by atoms with Crippen LogP contribution in [0.15, 0.2) is 0 Å². The summed E-state index contributed by atoms with van der Waals surface area (Å²) >= 11 is 0. The van der Waals surface area contributed by atoms with Crippen LogP contribution in [0.1, 0.15) is 53.9 Å². The van der Waals surface area contributed by atoms with Crippen molar-refractivity contribution in [3.8, 4) is 0 Å². The van der Waals surface area contributed by atoms with Crippen LogP contribution in [0.5, 0.6) is 0 Å². The second-order valence-corrected chi connectivity index (χ2v) is 6.76. The fourth-order valence-electron chi connectivity index (χ4n) is 1.83. The highest BCUT2D eigenvalue weighted by atomic mass is 16.1. The van der Waals surface area contributed by atoms with Crippen molar-refractivity contribution in [2.75, 3.05) is 13.6 Å². The number of nitrogens with two attached hydrogens (primary N) is 2. The van der Waals surface area contributed by atoms with E-state index in [0.717, 1.165) is 19.4 Å². The van der Waals surface area contributed by atoms with Crippen LogP contribution in [0.4, 0.5) is 0 Å². The smallest absolute Gasteiger partial charge is 0.237 e. The number of nitrogens with zero attached hydrogens (tertiary/aromatic N) is 1. The molecule has 0 fully saturated rings. The summed E-state index contributed by atoms with van der Waals surface area (Å²) in [5.74, 6) is -0.418. The first-order chi connectivity index (χ1) is 7.98. The van der Waals surface area contributed by atoms with Crippen LogP contribution in [0.25, 0.3) is 0 Å². The predicted molar refractivity (Wildman–Crippen MR) is 77.2 cm³/mol. The number of amides is 1. The third kappa shape index (κ3) is 5.83. The van der Waals surface area contributed by atoms with Crippen molar-refractivity contribution < 1.29 is 4.79 Å². The number of unbranched alkanes of at least 4 members (excludes halogenated alkanes) is 1. The van der Waals surface area contributed by atoms with Crippen LogP contribution >= 0.6 is 0 Å². The molecule has 1 amide bonds. The SMILES string of the molecule is CC(N(C)CCCCC(C)(N)C(N)=O)C(C)(C)C. The van der Waals surface area contributed by atoms with Crippen molar-refractivity contribution in [1.82, 2.24) is 4.90 Å². The van der Waals surface area contributed by atoms with E-state index in [1.54, 1.807) is 6.92 Å². The first kappa shape index (κ1) is 17.4. The number of rotatable bonds is 7. The third-order valence-corrected chi connectivity index (χ3v) is 3.93. The van der Waals surface area contributed by atoms with E-state index in [2.05, 4.69) is 39.6 Å². The zero-order valence-corrected chi connectivity index (χ0v) is 12.9. The van der Waals surface area contributed by atoms with E-state index in [1.807, 2.05) is 0 Å². The number of primary amides is 1. The molecule has 0 aromatic carbocycles. The average molecular weight is 257 g/mol. The molecule has 0 radical (unpaired) electrons. The van der Waals surface area contributed by atoms with Gasteiger partial charge in [0, 0.05) is 6.04 Å². The standard InChI is InChI=1S/C14H31N3O/c1-11(13(2,3)4)17(6)10-8-7-9-14(5,16)12(15)18/h11H,7-10,16H2,1-6H3,(H2,15,18). The topological polar surface area (TPSA) is 72.3 Å². The fourth-order valence-corrected chi connectivity index (χ4v) is 1.83. The maximum absolute atomic E-state index is 11.1. The van der Waals surface area contributed by atoms with Gasteiger partial charge in [-0.1, -0.05) is 20.8 Å². The maximum Gasteiger partial charge on any atom is 0.237 e. The summed E-state index contributed by atoms with van der Waals surface area (Å²) < 4.78 is 0. The minimum atomic E-state index is -0.867. The van der Waals surface area contributed by atoms with Crippen molar-refractivity contribution >= 4 is 5.91 Å². The van der Waals surface area contributed by atoms with E-state index in [9.17, 15) is 4.79 Å². The normalized spacial score (nSPS) is 17.6. The lowest BCUT2D eigenvalue weighted by molar-refractivity contribution is -0.122. The molecule has 0 heterocycles. The molecule has 4 nitrogen and oxygen atoms in total. The van der Waals surface area contributed by atoms with Crippen molar-refractivity contribution in [1.29, 1.82) is 0 Å². The summed E-state index contributed by atoms with van der Waals surface area (Å²) in [6, 6.07) is 0.526. The van der Waals surface area contributed by atoms with E-state index in [0.29, 0.717) is 12.5 Å². The third-order valence-electron chi connectivity index (χ3n) is 3.93. The molecule has 108 valence electrons. The van der Waals surface area contributed by atoms with E-state index in [4.69, 9.17) is 11.5 Å². The van der Waals surface area contributed by atoms with E-state index in [1.165, 1.54) is 0 Å². The molecular weight excluding hydrogens is 226 g/mol. The largest absolute Gasteiger partial charge is 0.368 e. The Kier molecular flexibility index (Phi) is 6.30. The minimum Gasteiger partial charge on any atom is -0.368 e. The zero-order chi connectivity index (χ0) is 14.6. The lowest BCUT2D eigenvalue weighted by atomic mass is 9.87. The lowest BCUT2D eigenvalue weighted by Gasteiger charge is -2.35. The molecular formula is C14H31N3O. The highest BCUT2D eigenvalue weighted by Gasteiger charge is 2.26. The van der Waals surface area contributed by atoms with Gasteiger partial charge < -0.3 is 16.4 Å². The summed E-state index contributed by atoms with van der Waals surface area (Å²) in [6.07, 6.45) is 2.62. The maximum atomic E-state index is 11.1. The van der Waals surface area contributed by atoms with Gasteiger partial charge in [0.15, 0.2) is 0 Å². The van der Waals surface area contributed by atoms with Gasteiger partial charge in [0.2, 0.25) is 5.91 Å². The fraction of sp³-hybridized carbons (Fsp3) is 0.929. The summed E-state index contributed by atoms with van der Waals surface area (Å²) in [5, 5.41) is 0. The summed E-state index contributed by atoms with van der Waals surface area (Å²) in [6.45, 7) is 11.7. The molecule has 0 spiro atoms. The summed E-state index contributed by atoms with van der Waals surface area (Å²) in [4.78, 5) is 13.4. The molecule has 2 atom stereocenters. The van der Waals surface area contributed by atoms with E-state index >= 15 is 0 Å². The van der Waals surface area contributed by atoms with Crippen LogP contribution in [0, 0.1) is 5.41 Å². The molecule has 4 heteroatoms. The Morgan fingerprint density at radius 3 is 2.11 bits per heavy atom. The molecule has 0 aliphatic heterocycles. The first-order valence-electron chi connectivity index (χ1n) is 6.77. The Morgan fingerprint density at radius 1 is 1.22 bits per heavy atom. The Labute approximate surface area is 112 Å². The Morgan fingerprint density at radius 2 is 1.72 bits per heavy atom.